The molecule has 0 saturated carbocycles. The van der Waals surface area contributed by atoms with Gasteiger partial charge in [-0.15, -0.1) is 0 Å². The van der Waals surface area contributed by atoms with Crippen LogP contribution in [-0.4, -0.2) is 19.3 Å². The molecule has 0 aromatic carbocycles. The molecule has 0 rings (SSSR count). The average Bonchev–Trinajstić information content (AvgIpc) is 2.84. The highest BCUT2D eigenvalue weighted by molar-refractivity contribution is 4.65. The fourth-order valence-electron chi connectivity index (χ4n) is 5.08. The second kappa shape index (κ2) is 29.2. The number of hydrogen-bond donors (Lipinski definition) is 0. The number of ether oxygens (including phenoxy) is 1. The molecular weight excluding hydrogens is 416 g/mol. The summed E-state index contributed by atoms with van der Waals surface area (Å²) in [5.74, 6) is 0.674. The molecule has 0 heterocycles. The molecule has 0 aromatic heterocycles. The van der Waals surface area contributed by atoms with Crippen LogP contribution in [0.15, 0.2) is 0 Å². The van der Waals surface area contributed by atoms with Crippen molar-refractivity contribution in [1.29, 1.82) is 0 Å². The quantitative estimate of drug-likeness (QED) is 0.0976. The van der Waals surface area contributed by atoms with Gasteiger partial charge in [-0.3, -0.25) is 0 Å². The van der Waals surface area contributed by atoms with Crippen molar-refractivity contribution < 1.29 is 9.84 Å². The molecule has 0 aliphatic carbocycles. The maximum Gasteiger partial charge on any atom is 0.0932 e. The van der Waals surface area contributed by atoms with E-state index in [-0.39, 0.29) is 6.10 Å². The van der Waals surface area contributed by atoms with Crippen LogP contribution in [0.25, 0.3) is 0 Å². The van der Waals surface area contributed by atoms with Gasteiger partial charge in [-0.2, -0.15) is 0 Å². The predicted octanol–water partition coefficient (Wildman–Crippen LogP) is 11.2. The first kappa shape index (κ1) is 33.9. The summed E-state index contributed by atoms with van der Waals surface area (Å²) >= 11 is 0. The van der Waals surface area contributed by atoms with Crippen LogP contribution >= 0.6 is 0 Å². The van der Waals surface area contributed by atoms with Gasteiger partial charge < -0.3 is 4.74 Å². The summed E-state index contributed by atoms with van der Waals surface area (Å²) in [4.78, 5) is 0. The number of hydrogen-bond acceptors (Lipinski definition) is 1. The number of unbranched alkanes of at least 4 members (excludes halogenated alkanes) is 18. The van der Waals surface area contributed by atoms with Gasteiger partial charge in [-0.1, -0.05) is 156 Å². The van der Waals surface area contributed by atoms with E-state index in [0.717, 1.165) is 32.5 Å². The van der Waals surface area contributed by atoms with Gasteiger partial charge in [0.1, 0.15) is 0 Å². The Morgan fingerprint density at radius 2 is 0.882 bits per heavy atom. The molecule has 0 fully saturated rings. The molecule has 1 radical (unpaired) electrons. The second-order valence-electron chi connectivity index (χ2n) is 11.0. The van der Waals surface area contributed by atoms with E-state index in [2.05, 4.69) is 20.8 Å². The first-order valence-electron chi connectivity index (χ1n) is 16.0. The third kappa shape index (κ3) is 26.5. The normalized spacial score (nSPS) is 13.4. The fraction of sp³-hybridized carbons (Fsp3) is 1.00. The van der Waals surface area contributed by atoms with E-state index < -0.39 is 0 Å². The van der Waals surface area contributed by atoms with Crippen molar-refractivity contribution in [3.05, 3.63) is 0 Å². The van der Waals surface area contributed by atoms with Gasteiger partial charge in [0.15, 0.2) is 0 Å². The topological polar surface area (TPSA) is 29.1 Å². The molecule has 0 aromatic rings. The van der Waals surface area contributed by atoms with E-state index in [9.17, 15) is 5.11 Å². The van der Waals surface area contributed by atoms with E-state index in [4.69, 9.17) is 4.74 Å². The number of rotatable bonds is 29. The van der Waals surface area contributed by atoms with Crippen LogP contribution in [0.1, 0.15) is 181 Å². The molecule has 205 valence electrons. The van der Waals surface area contributed by atoms with E-state index in [0.29, 0.717) is 5.92 Å². The SMILES string of the molecule is CCCCCCCCCCCCOCCCCCCCCCCCC([O])CC(CC)CCCC. The molecule has 0 aliphatic rings. The Balaban J connectivity index is 3.19. The van der Waals surface area contributed by atoms with Gasteiger partial charge >= 0.3 is 0 Å². The van der Waals surface area contributed by atoms with Crippen LogP contribution in [-0.2, 0) is 9.84 Å². The zero-order valence-corrected chi connectivity index (χ0v) is 24.1. The van der Waals surface area contributed by atoms with Crippen molar-refractivity contribution in [2.75, 3.05) is 13.2 Å². The molecule has 0 bridgehead atoms. The molecule has 0 aliphatic heterocycles. The lowest BCUT2D eigenvalue weighted by molar-refractivity contribution is 0.0542. The Morgan fingerprint density at radius 1 is 0.471 bits per heavy atom. The van der Waals surface area contributed by atoms with Gasteiger partial charge in [0.2, 0.25) is 0 Å². The second-order valence-corrected chi connectivity index (χ2v) is 11.0. The Morgan fingerprint density at radius 3 is 1.32 bits per heavy atom. The molecule has 0 N–H and O–H groups in total. The minimum absolute atomic E-state index is 0.311. The van der Waals surface area contributed by atoms with Gasteiger partial charge in [-0.05, 0) is 31.6 Å². The Bertz CT molecular complexity index is 357. The van der Waals surface area contributed by atoms with E-state index in [1.807, 2.05) is 0 Å². The van der Waals surface area contributed by atoms with E-state index >= 15 is 0 Å². The van der Waals surface area contributed by atoms with Gasteiger partial charge in [0, 0.05) is 13.2 Å². The van der Waals surface area contributed by atoms with Crippen molar-refractivity contribution >= 4 is 0 Å². The molecule has 2 unspecified atom stereocenters. The Labute approximate surface area is 216 Å². The van der Waals surface area contributed by atoms with Gasteiger partial charge in [0.05, 0.1) is 6.10 Å². The summed E-state index contributed by atoms with van der Waals surface area (Å²) in [5.41, 5.74) is 0. The molecule has 0 saturated heterocycles. The highest BCUT2D eigenvalue weighted by Crippen LogP contribution is 2.21. The monoisotopic (exact) mass is 481 g/mol. The fourth-order valence-corrected chi connectivity index (χ4v) is 5.08. The zero-order chi connectivity index (χ0) is 25.0. The van der Waals surface area contributed by atoms with Crippen molar-refractivity contribution in [3.63, 3.8) is 0 Å². The van der Waals surface area contributed by atoms with Crippen molar-refractivity contribution in [3.8, 4) is 0 Å². The summed E-state index contributed by atoms with van der Waals surface area (Å²) in [5, 5.41) is 12.3. The van der Waals surface area contributed by atoms with Gasteiger partial charge in [0.25, 0.3) is 0 Å². The lowest BCUT2D eigenvalue weighted by Gasteiger charge is -2.17. The molecule has 0 spiro atoms. The first-order chi connectivity index (χ1) is 16.7. The average molecular weight is 482 g/mol. The smallest absolute Gasteiger partial charge is 0.0932 e. The van der Waals surface area contributed by atoms with Crippen molar-refractivity contribution in [1.82, 2.24) is 0 Å². The molecule has 2 atom stereocenters. The molecule has 2 heteroatoms. The van der Waals surface area contributed by atoms with E-state index in [1.165, 1.54) is 141 Å². The third-order valence-corrected chi connectivity index (χ3v) is 7.60. The lowest BCUT2D eigenvalue weighted by atomic mass is 9.91. The third-order valence-electron chi connectivity index (χ3n) is 7.60. The van der Waals surface area contributed by atoms with Crippen molar-refractivity contribution in [2.45, 2.75) is 187 Å². The van der Waals surface area contributed by atoms with Crippen LogP contribution in [0.4, 0.5) is 0 Å². The maximum absolute atomic E-state index is 12.3. The summed E-state index contributed by atoms with van der Waals surface area (Å²) in [6.45, 7) is 8.72. The lowest BCUT2D eigenvalue weighted by Crippen LogP contribution is -2.12. The molecule has 34 heavy (non-hydrogen) atoms. The van der Waals surface area contributed by atoms with Crippen LogP contribution in [0.2, 0.25) is 0 Å². The Hall–Kier alpha value is -0.0800. The van der Waals surface area contributed by atoms with Crippen LogP contribution in [0.3, 0.4) is 0 Å². The molecule has 0 amide bonds. The highest BCUT2D eigenvalue weighted by atomic mass is 16.5. The van der Waals surface area contributed by atoms with Crippen molar-refractivity contribution in [2.24, 2.45) is 5.92 Å². The molecular formula is C32H65O2. The van der Waals surface area contributed by atoms with Crippen LogP contribution < -0.4 is 0 Å². The van der Waals surface area contributed by atoms with Crippen LogP contribution in [0.5, 0.6) is 0 Å². The summed E-state index contributed by atoms with van der Waals surface area (Å²) in [7, 11) is 0. The summed E-state index contributed by atoms with van der Waals surface area (Å²) in [6.07, 6.45) is 32.2. The van der Waals surface area contributed by atoms with Crippen LogP contribution in [0, 0.1) is 5.92 Å². The molecule has 2 nitrogen and oxygen atoms in total. The Kier molecular flexibility index (Phi) is 29.1. The predicted molar refractivity (Wildman–Crippen MR) is 151 cm³/mol. The zero-order valence-electron chi connectivity index (χ0n) is 24.1. The minimum Gasteiger partial charge on any atom is -0.381 e. The largest absolute Gasteiger partial charge is 0.381 e. The maximum atomic E-state index is 12.3. The van der Waals surface area contributed by atoms with Gasteiger partial charge in [-0.25, -0.2) is 5.11 Å². The summed E-state index contributed by atoms with van der Waals surface area (Å²) < 4.78 is 5.82. The summed E-state index contributed by atoms with van der Waals surface area (Å²) in [6, 6.07) is 0. The standard InChI is InChI=1S/C32H65O2/c1-4-7-9-10-11-12-15-18-21-24-28-34-29-25-22-19-16-13-14-17-20-23-27-32(33)30-31(6-3)26-8-5-2/h31-32H,4-30H2,1-3H3. The van der Waals surface area contributed by atoms with E-state index in [1.54, 1.807) is 0 Å². The first-order valence-corrected chi connectivity index (χ1v) is 16.0. The highest BCUT2D eigenvalue weighted by Gasteiger charge is 2.13. The minimum atomic E-state index is -0.311.